The predicted molar refractivity (Wildman–Crippen MR) is 82.9 cm³/mol. The van der Waals surface area contributed by atoms with Gasteiger partial charge in [-0.05, 0) is 37.3 Å². The Kier molecular flexibility index (Phi) is 3.62. The van der Waals surface area contributed by atoms with Gasteiger partial charge >= 0.3 is 0 Å². The Hall–Kier alpha value is -1.61. The molecule has 1 saturated carbocycles. The molecule has 0 aliphatic heterocycles. The van der Waals surface area contributed by atoms with Gasteiger partial charge in [-0.25, -0.2) is 0 Å². The summed E-state index contributed by atoms with van der Waals surface area (Å²) in [5.74, 6) is 0. The molecule has 1 aromatic carbocycles. The van der Waals surface area contributed by atoms with E-state index in [4.69, 9.17) is 0 Å². The lowest BCUT2D eigenvalue weighted by Gasteiger charge is -2.34. The summed E-state index contributed by atoms with van der Waals surface area (Å²) in [5, 5.41) is 4.69. The van der Waals surface area contributed by atoms with Crippen molar-refractivity contribution in [3.63, 3.8) is 0 Å². The van der Waals surface area contributed by atoms with Gasteiger partial charge in [0.15, 0.2) is 0 Å². The lowest BCUT2D eigenvalue weighted by atomic mass is 9.83. The molecule has 0 radical (unpaired) electrons. The maximum atomic E-state index is 12.1. The summed E-state index contributed by atoms with van der Waals surface area (Å²) >= 11 is 0. The molecule has 3 rings (SSSR count). The van der Waals surface area contributed by atoms with Crippen molar-refractivity contribution in [2.75, 3.05) is 0 Å². The highest BCUT2D eigenvalue weighted by Gasteiger charge is 2.25. The molecule has 1 aromatic heterocycles. The number of H-pyrrole nitrogens is 1. The van der Waals surface area contributed by atoms with Gasteiger partial charge in [0.05, 0.1) is 0 Å². The minimum atomic E-state index is 0.0237. The number of rotatable bonds is 3. The Labute approximate surface area is 119 Å². The number of nitrogens with one attached hydrogen (secondary N) is 2. The largest absolute Gasteiger partial charge is 0.322 e. The quantitative estimate of drug-likeness (QED) is 0.898. The van der Waals surface area contributed by atoms with E-state index >= 15 is 0 Å². The molecule has 2 aromatic rings. The Morgan fingerprint density at radius 1 is 1.20 bits per heavy atom. The van der Waals surface area contributed by atoms with Crippen LogP contribution in [0.5, 0.6) is 0 Å². The molecule has 0 saturated heterocycles. The molecular formula is C17H22N2O. The fraction of sp³-hybridized carbons (Fsp3) is 0.471. The molecule has 20 heavy (non-hydrogen) atoms. The summed E-state index contributed by atoms with van der Waals surface area (Å²) < 4.78 is 0. The van der Waals surface area contributed by atoms with Crippen LogP contribution in [0.4, 0.5) is 0 Å². The van der Waals surface area contributed by atoms with Crippen LogP contribution in [0.15, 0.2) is 35.1 Å². The molecule has 0 atom stereocenters. The standard InChI is InChI=1S/C17H22N2O/c1-17(9-5-2-6-10-17)18-12-14-11-13-7-3-4-8-15(13)19-16(14)20/h3-4,7-8,11,18H,2,5-6,9-10,12H2,1H3,(H,19,20). The van der Waals surface area contributed by atoms with Crippen LogP contribution in [0, 0.1) is 0 Å². The minimum Gasteiger partial charge on any atom is -0.322 e. The van der Waals surface area contributed by atoms with Crippen LogP contribution in [-0.4, -0.2) is 10.5 Å². The molecule has 2 N–H and O–H groups in total. The van der Waals surface area contributed by atoms with Gasteiger partial charge in [0.25, 0.3) is 5.56 Å². The Bertz CT molecular complexity index is 653. The van der Waals surface area contributed by atoms with Crippen molar-refractivity contribution in [3.8, 4) is 0 Å². The van der Waals surface area contributed by atoms with Gasteiger partial charge in [-0.3, -0.25) is 4.79 Å². The number of aromatic amines is 1. The normalized spacial score (nSPS) is 18.2. The molecule has 1 fully saturated rings. The molecule has 1 heterocycles. The highest BCUT2D eigenvalue weighted by molar-refractivity contribution is 5.78. The van der Waals surface area contributed by atoms with Crippen LogP contribution in [-0.2, 0) is 6.54 Å². The van der Waals surface area contributed by atoms with Gasteiger partial charge in [0.2, 0.25) is 0 Å². The third kappa shape index (κ3) is 2.78. The van der Waals surface area contributed by atoms with Crippen molar-refractivity contribution >= 4 is 10.9 Å². The van der Waals surface area contributed by atoms with Crippen LogP contribution >= 0.6 is 0 Å². The lowest BCUT2D eigenvalue weighted by molar-refractivity contribution is 0.252. The van der Waals surface area contributed by atoms with E-state index in [0.29, 0.717) is 6.54 Å². The van der Waals surface area contributed by atoms with E-state index < -0.39 is 0 Å². The number of hydrogen-bond acceptors (Lipinski definition) is 2. The summed E-state index contributed by atoms with van der Waals surface area (Å²) in [6.07, 6.45) is 6.33. The number of fused-ring (bicyclic) bond motifs is 1. The smallest absolute Gasteiger partial charge is 0.252 e. The van der Waals surface area contributed by atoms with Gasteiger partial charge in [0.1, 0.15) is 0 Å². The second kappa shape index (κ2) is 5.41. The summed E-state index contributed by atoms with van der Waals surface area (Å²) in [6.45, 7) is 2.93. The summed E-state index contributed by atoms with van der Waals surface area (Å²) in [5.41, 5.74) is 1.95. The average molecular weight is 270 g/mol. The van der Waals surface area contributed by atoms with Crippen LogP contribution in [0.25, 0.3) is 10.9 Å². The Balaban J connectivity index is 1.80. The van der Waals surface area contributed by atoms with Gasteiger partial charge in [0, 0.05) is 23.2 Å². The van der Waals surface area contributed by atoms with E-state index in [1.165, 1.54) is 32.1 Å². The fourth-order valence-corrected chi connectivity index (χ4v) is 3.14. The number of hydrogen-bond donors (Lipinski definition) is 2. The van der Waals surface area contributed by atoms with Crippen LogP contribution in [0.2, 0.25) is 0 Å². The maximum absolute atomic E-state index is 12.1. The van der Waals surface area contributed by atoms with E-state index in [9.17, 15) is 4.79 Å². The zero-order chi connectivity index (χ0) is 14.0. The van der Waals surface area contributed by atoms with Crippen molar-refractivity contribution in [1.29, 1.82) is 0 Å². The first-order valence-electron chi connectivity index (χ1n) is 7.52. The van der Waals surface area contributed by atoms with Gasteiger partial charge in [-0.1, -0.05) is 37.5 Å². The van der Waals surface area contributed by atoms with Gasteiger partial charge in [-0.2, -0.15) is 0 Å². The SMILES string of the molecule is CC1(NCc2cc3ccccc3[nH]c2=O)CCCCC1. The van der Waals surface area contributed by atoms with Crippen molar-refractivity contribution in [1.82, 2.24) is 10.3 Å². The molecule has 0 spiro atoms. The lowest BCUT2D eigenvalue weighted by Crippen LogP contribution is -2.44. The highest BCUT2D eigenvalue weighted by Crippen LogP contribution is 2.27. The van der Waals surface area contributed by atoms with E-state index in [-0.39, 0.29) is 11.1 Å². The highest BCUT2D eigenvalue weighted by atomic mass is 16.1. The first-order chi connectivity index (χ1) is 9.66. The average Bonchev–Trinajstić information content (AvgIpc) is 2.46. The van der Waals surface area contributed by atoms with Crippen molar-refractivity contribution < 1.29 is 0 Å². The summed E-state index contributed by atoms with van der Waals surface area (Å²) in [6, 6.07) is 9.93. The molecule has 106 valence electrons. The molecule has 1 aliphatic carbocycles. The van der Waals surface area contributed by atoms with Crippen molar-refractivity contribution in [2.24, 2.45) is 0 Å². The monoisotopic (exact) mass is 270 g/mol. The molecule has 3 heteroatoms. The predicted octanol–water partition coefficient (Wildman–Crippen LogP) is 3.34. The zero-order valence-electron chi connectivity index (χ0n) is 12.0. The third-order valence-corrected chi connectivity index (χ3v) is 4.49. The molecular weight excluding hydrogens is 248 g/mol. The summed E-state index contributed by atoms with van der Waals surface area (Å²) in [7, 11) is 0. The van der Waals surface area contributed by atoms with Crippen LogP contribution in [0.1, 0.15) is 44.6 Å². The molecule has 1 aliphatic rings. The number of pyridine rings is 1. The maximum Gasteiger partial charge on any atom is 0.252 e. The number of para-hydroxylation sites is 1. The number of aromatic nitrogens is 1. The first-order valence-corrected chi connectivity index (χ1v) is 7.52. The second-order valence-electron chi connectivity index (χ2n) is 6.19. The fourth-order valence-electron chi connectivity index (χ4n) is 3.14. The van der Waals surface area contributed by atoms with E-state index in [2.05, 4.69) is 17.2 Å². The Morgan fingerprint density at radius 3 is 2.75 bits per heavy atom. The van der Waals surface area contributed by atoms with Gasteiger partial charge in [-0.15, -0.1) is 0 Å². The minimum absolute atomic E-state index is 0.0237. The van der Waals surface area contributed by atoms with Gasteiger partial charge < -0.3 is 10.3 Å². The second-order valence-corrected chi connectivity index (χ2v) is 6.19. The van der Waals surface area contributed by atoms with E-state index in [1.807, 2.05) is 30.3 Å². The molecule has 0 amide bonds. The first kappa shape index (κ1) is 13.4. The Morgan fingerprint density at radius 2 is 1.95 bits per heavy atom. The van der Waals surface area contributed by atoms with Crippen LogP contribution < -0.4 is 10.9 Å². The topological polar surface area (TPSA) is 44.9 Å². The molecule has 3 nitrogen and oxygen atoms in total. The van der Waals surface area contributed by atoms with Crippen molar-refractivity contribution in [3.05, 3.63) is 46.2 Å². The molecule has 0 unspecified atom stereocenters. The number of benzene rings is 1. The van der Waals surface area contributed by atoms with Crippen molar-refractivity contribution in [2.45, 2.75) is 51.1 Å². The van der Waals surface area contributed by atoms with Crippen LogP contribution in [0.3, 0.4) is 0 Å². The third-order valence-electron chi connectivity index (χ3n) is 4.49. The van der Waals surface area contributed by atoms with E-state index in [1.54, 1.807) is 0 Å². The van der Waals surface area contributed by atoms with E-state index in [0.717, 1.165) is 16.5 Å². The summed E-state index contributed by atoms with van der Waals surface area (Å²) in [4.78, 5) is 15.1. The molecule has 0 bridgehead atoms. The zero-order valence-corrected chi connectivity index (χ0v) is 12.0.